The van der Waals surface area contributed by atoms with E-state index >= 15 is 0 Å². The van der Waals surface area contributed by atoms with Gasteiger partial charge in [-0.15, -0.1) is 0 Å². The molecule has 0 atom stereocenters. The van der Waals surface area contributed by atoms with Crippen LogP contribution in [0.15, 0.2) is 18.2 Å². The summed E-state index contributed by atoms with van der Waals surface area (Å²) in [5.41, 5.74) is -4.59. The molecule has 1 N–H and O–H groups in total. The van der Waals surface area contributed by atoms with Crippen LogP contribution in [0, 0.1) is 0 Å². The summed E-state index contributed by atoms with van der Waals surface area (Å²) in [5.74, 6) is 0. The van der Waals surface area contributed by atoms with Crippen molar-refractivity contribution < 1.29 is 35.9 Å². The topological polar surface area (TPSA) is 38.3 Å². The predicted molar refractivity (Wildman–Crippen MR) is 52.5 cm³/mol. The molecule has 0 unspecified atom stereocenters. The number of methoxy groups -OCH3 is 1. The van der Waals surface area contributed by atoms with E-state index < -0.39 is 35.3 Å². The fourth-order valence-corrected chi connectivity index (χ4v) is 1.31. The minimum Gasteiger partial charge on any atom is -0.453 e. The Morgan fingerprint density at radius 1 is 1.05 bits per heavy atom. The summed E-state index contributed by atoms with van der Waals surface area (Å²) in [5, 5.41) is 1.44. The maximum absolute atomic E-state index is 12.6. The van der Waals surface area contributed by atoms with Crippen LogP contribution in [0.5, 0.6) is 0 Å². The second-order valence-corrected chi connectivity index (χ2v) is 3.34. The van der Waals surface area contributed by atoms with Crippen molar-refractivity contribution in [1.82, 2.24) is 0 Å². The molecule has 0 saturated heterocycles. The quantitative estimate of drug-likeness (QED) is 0.795. The van der Waals surface area contributed by atoms with Gasteiger partial charge in [-0.05, 0) is 12.1 Å². The van der Waals surface area contributed by atoms with Gasteiger partial charge in [0.1, 0.15) is 0 Å². The van der Waals surface area contributed by atoms with Crippen molar-refractivity contribution in [2.75, 3.05) is 12.4 Å². The van der Waals surface area contributed by atoms with Crippen LogP contribution in [0.1, 0.15) is 11.1 Å². The highest BCUT2D eigenvalue weighted by Gasteiger charge is 2.41. The zero-order valence-electron chi connectivity index (χ0n) is 9.32. The van der Waals surface area contributed by atoms with Crippen molar-refractivity contribution >= 4 is 11.8 Å². The number of hydrogen-bond acceptors (Lipinski definition) is 2. The third-order valence-corrected chi connectivity index (χ3v) is 2.09. The molecule has 0 aromatic heterocycles. The van der Waals surface area contributed by atoms with Crippen molar-refractivity contribution in [3.8, 4) is 0 Å². The molecule has 0 radical (unpaired) electrons. The smallest absolute Gasteiger partial charge is 0.418 e. The molecule has 0 fully saturated rings. The van der Waals surface area contributed by atoms with Crippen molar-refractivity contribution in [2.24, 2.45) is 0 Å². The average Bonchev–Trinajstić information content (AvgIpc) is 2.26. The first kappa shape index (κ1) is 15.1. The maximum atomic E-state index is 12.6. The van der Waals surface area contributed by atoms with Crippen molar-refractivity contribution in [1.29, 1.82) is 0 Å². The van der Waals surface area contributed by atoms with Crippen molar-refractivity contribution in [2.45, 2.75) is 12.4 Å². The van der Waals surface area contributed by atoms with Crippen LogP contribution in [0.2, 0.25) is 0 Å². The lowest BCUT2D eigenvalue weighted by Crippen LogP contribution is -2.20. The lowest BCUT2D eigenvalue weighted by Gasteiger charge is -2.18. The number of carbonyl (C=O) groups is 1. The summed E-state index contributed by atoms with van der Waals surface area (Å²) in [4.78, 5) is 10.9. The molecule has 106 valence electrons. The standard InChI is InChI=1S/C10H7F6NO2/c1-19-8(18)17-7-5(9(11,12)13)3-2-4-6(7)10(14,15)16/h2-4H,1H3,(H,17,18). The van der Waals surface area contributed by atoms with Gasteiger partial charge in [0.05, 0.1) is 23.9 Å². The molecular weight excluding hydrogens is 280 g/mol. The van der Waals surface area contributed by atoms with Crippen LogP contribution in [0.3, 0.4) is 0 Å². The second kappa shape index (κ2) is 4.98. The molecule has 0 saturated carbocycles. The number of rotatable bonds is 1. The number of para-hydroxylation sites is 1. The van der Waals surface area contributed by atoms with Gasteiger partial charge in [0.2, 0.25) is 0 Å². The van der Waals surface area contributed by atoms with E-state index in [1.807, 2.05) is 0 Å². The number of carbonyl (C=O) groups excluding carboxylic acids is 1. The average molecular weight is 287 g/mol. The minimum absolute atomic E-state index is 0.431. The number of benzene rings is 1. The number of anilines is 1. The van der Waals surface area contributed by atoms with Crippen LogP contribution in [-0.4, -0.2) is 13.2 Å². The Hall–Kier alpha value is -1.93. The molecule has 0 bridgehead atoms. The Kier molecular flexibility index (Phi) is 3.97. The molecule has 1 amide bonds. The molecule has 0 aliphatic heterocycles. The van der Waals surface area contributed by atoms with Gasteiger partial charge in [0.15, 0.2) is 0 Å². The largest absolute Gasteiger partial charge is 0.453 e. The van der Waals surface area contributed by atoms with Crippen molar-refractivity contribution in [3.63, 3.8) is 0 Å². The molecule has 0 aliphatic carbocycles. The van der Waals surface area contributed by atoms with Crippen LogP contribution in [-0.2, 0) is 17.1 Å². The van der Waals surface area contributed by atoms with Gasteiger partial charge < -0.3 is 4.74 Å². The van der Waals surface area contributed by atoms with Crippen LogP contribution in [0.25, 0.3) is 0 Å². The zero-order valence-corrected chi connectivity index (χ0v) is 9.32. The highest BCUT2D eigenvalue weighted by Crippen LogP contribution is 2.42. The van der Waals surface area contributed by atoms with Crippen LogP contribution < -0.4 is 5.32 Å². The molecule has 9 heteroatoms. The molecule has 0 aliphatic rings. The number of ether oxygens (including phenoxy) is 1. The Balaban J connectivity index is 3.45. The first-order valence-corrected chi connectivity index (χ1v) is 4.69. The lowest BCUT2D eigenvalue weighted by atomic mass is 10.1. The van der Waals surface area contributed by atoms with E-state index in [2.05, 4.69) is 4.74 Å². The molecule has 19 heavy (non-hydrogen) atoms. The van der Waals surface area contributed by atoms with Gasteiger partial charge in [0.25, 0.3) is 0 Å². The number of amides is 1. The van der Waals surface area contributed by atoms with Crippen LogP contribution >= 0.6 is 0 Å². The zero-order chi connectivity index (χ0) is 14.8. The SMILES string of the molecule is COC(=O)Nc1c(C(F)(F)F)cccc1C(F)(F)F. The van der Waals surface area contributed by atoms with E-state index in [1.165, 1.54) is 5.32 Å². The number of nitrogens with one attached hydrogen (secondary N) is 1. The molecular formula is C10H7F6NO2. The van der Waals surface area contributed by atoms with Gasteiger partial charge in [-0.25, -0.2) is 4.79 Å². The number of hydrogen-bond donors (Lipinski definition) is 1. The Morgan fingerprint density at radius 3 is 1.79 bits per heavy atom. The van der Waals surface area contributed by atoms with Crippen LogP contribution in [0.4, 0.5) is 36.8 Å². The third-order valence-electron chi connectivity index (χ3n) is 2.09. The van der Waals surface area contributed by atoms with E-state index in [4.69, 9.17) is 0 Å². The Bertz CT molecular complexity index is 448. The van der Waals surface area contributed by atoms with Crippen molar-refractivity contribution in [3.05, 3.63) is 29.3 Å². The lowest BCUT2D eigenvalue weighted by molar-refractivity contribution is -0.141. The van der Waals surface area contributed by atoms with E-state index in [-0.39, 0.29) is 0 Å². The normalized spacial score (nSPS) is 12.2. The summed E-state index contributed by atoms with van der Waals surface area (Å²) in [6, 6.07) is 1.47. The summed E-state index contributed by atoms with van der Waals surface area (Å²) >= 11 is 0. The molecule has 1 rings (SSSR count). The molecule has 1 aromatic rings. The monoisotopic (exact) mass is 287 g/mol. The molecule has 1 aromatic carbocycles. The van der Waals surface area contributed by atoms with Gasteiger partial charge in [-0.2, -0.15) is 26.3 Å². The minimum atomic E-state index is -5.04. The van der Waals surface area contributed by atoms with E-state index in [0.717, 1.165) is 7.11 Å². The van der Waals surface area contributed by atoms with E-state index in [0.29, 0.717) is 18.2 Å². The maximum Gasteiger partial charge on any atom is 0.418 e. The summed E-state index contributed by atoms with van der Waals surface area (Å²) in [6.45, 7) is 0. The second-order valence-electron chi connectivity index (χ2n) is 3.34. The van der Waals surface area contributed by atoms with Gasteiger partial charge in [-0.3, -0.25) is 5.32 Å². The van der Waals surface area contributed by atoms with E-state index in [9.17, 15) is 31.1 Å². The fraction of sp³-hybridized carbons (Fsp3) is 0.300. The highest BCUT2D eigenvalue weighted by molar-refractivity contribution is 5.87. The van der Waals surface area contributed by atoms with E-state index in [1.54, 1.807) is 0 Å². The number of halogens is 6. The highest BCUT2D eigenvalue weighted by atomic mass is 19.4. The summed E-state index contributed by atoms with van der Waals surface area (Å²) < 4.78 is 79.7. The molecule has 0 spiro atoms. The first-order chi connectivity index (χ1) is 8.57. The molecule has 0 heterocycles. The Morgan fingerprint density at radius 2 is 1.47 bits per heavy atom. The van der Waals surface area contributed by atoms with Gasteiger partial charge >= 0.3 is 18.4 Å². The molecule has 3 nitrogen and oxygen atoms in total. The first-order valence-electron chi connectivity index (χ1n) is 4.69. The predicted octanol–water partition coefficient (Wildman–Crippen LogP) is 3.90. The van der Waals surface area contributed by atoms with Gasteiger partial charge in [-0.1, -0.05) is 6.07 Å². The summed E-state index contributed by atoms with van der Waals surface area (Å²) in [7, 11) is 0.818. The number of alkyl halides is 6. The Labute approximate surface area is 103 Å². The third kappa shape index (κ3) is 3.52. The fourth-order valence-electron chi connectivity index (χ4n) is 1.31. The summed E-state index contributed by atoms with van der Waals surface area (Å²) in [6.07, 6.45) is -11.5. The van der Waals surface area contributed by atoms with Gasteiger partial charge in [0, 0.05) is 0 Å².